The van der Waals surface area contributed by atoms with Gasteiger partial charge in [-0.3, -0.25) is 19.2 Å². The van der Waals surface area contributed by atoms with E-state index < -0.39 is 23.7 Å². The molecule has 0 fully saturated rings. The molecular formula is C16H19Cl2N3O5. The summed E-state index contributed by atoms with van der Waals surface area (Å²) in [7, 11) is 0. The van der Waals surface area contributed by atoms with Gasteiger partial charge in [0.1, 0.15) is 6.54 Å². The van der Waals surface area contributed by atoms with E-state index in [1.165, 1.54) is 18.2 Å². The molecule has 0 aliphatic rings. The van der Waals surface area contributed by atoms with Gasteiger partial charge in [0.25, 0.3) is 5.91 Å². The number of hydrogen-bond donors (Lipinski definition) is 3. The van der Waals surface area contributed by atoms with Crippen LogP contribution in [0.15, 0.2) is 18.2 Å². The van der Waals surface area contributed by atoms with Crippen LogP contribution in [-0.4, -0.2) is 49.4 Å². The highest BCUT2D eigenvalue weighted by Gasteiger charge is 2.13. The predicted octanol–water partition coefficient (Wildman–Crippen LogP) is 0.907. The number of hydrogen-bond acceptors (Lipinski definition) is 5. The highest BCUT2D eigenvalue weighted by Crippen LogP contribution is 2.20. The largest absolute Gasteiger partial charge is 0.462 e. The lowest BCUT2D eigenvalue weighted by atomic mass is 10.2. The van der Waals surface area contributed by atoms with E-state index in [9.17, 15) is 19.2 Å². The number of benzene rings is 1. The van der Waals surface area contributed by atoms with Gasteiger partial charge in [-0.25, -0.2) is 0 Å². The molecule has 0 heterocycles. The quantitative estimate of drug-likeness (QED) is 0.558. The van der Waals surface area contributed by atoms with Crippen LogP contribution in [0.5, 0.6) is 0 Å². The van der Waals surface area contributed by atoms with Crippen LogP contribution in [0.25, 0.3) is 0 Å². The van der Waals surface area contributed by atoms with Gasteiger partial charge in [-0.2, -0.15) is 0 Å². The minimum atomic E-state index is -0.580. The Bertz CT molecular complexity index is 694. The van der Waals surface area contributed by atoms with Gasteiger partial charge in [0, 0.05) is 5.02 Å². The summed E-state index contributed by atoms with van der Waals surface area (Å²) >= 11 is 11.6. The van der Waals surface area contributed by atoms with E-state index in [-0.39, 0.29) is 36.3 Å². The van der Waals surface area contributed by atoms with Crippen molar-refractivity contribution in [2.45, 2.75) is 20.0 Å². The second-order valence-corrected chi connectivity index (χ2v) is 6.24. The van der Waals surface area contributed by atoms with E-state index >= 15 is 0 Å². The Morgan fingerprint density at radius 2 is 1.54 bits per heavy atom. The molecule has 26 heavy (non-hydrogen) atoms. The van der Waals surface area contributed by atoms with Crippen molar-refractivity contribution in [1.29, 1.82) is 0 Å². The lowest BCUT2D eigenvalue weighted by molar-refractivity contribution is -0.147. The Balaban J connectivity index is 2.30. The number of amides is 3. The molecule has 1 aromatic carbocycles. The number of halogens is 2. The lowest BCUT2D eigenvalue weighted by Crippen LogP contribution is -2.43. The minimum absolute atomic E-state index is 0.156. The maximum absolute atomic E-state index is 11.9. The summed E-state index contributed by atoms with van der Waals surface area (Å²) in [6, 6.07) is 4.34. The molecule has 3 amide bonds. The Kier molecular flexibility index (Phi) is 8.87. The van der Waals surface area contributed by atoms with Crippen molar-refractivity contribution in [3.05, 3.63) is 33.8 Å². The molecular weight excluding hydrogens is 385 g/mol. The minimum Gasteiger partial charge on any atom is -0.462 e. The van der Waals surface area contributed by atoms with Crippen molar-refractivity contribution in [3.63, 3.8) is 0 Å². The van der Waals surface area contributed by atoms with E-state index in [2.05, 4.69) is 16.0 Å². The molecule has 10 heteroatoms. The van der Waals surface area contributed by atoms with Crippen LogP contribution in [0.1, 0.15) is 24.2 Å². The molecule has 0 atom stereocenters. The SMILES string of the molecule is CC(C)OC(=O)CNC(=O)CNC(=O)CNC(=O)c1ccc(Cl)cc1Cl. The van der Waals surface area contributed by atoms with Crippen LogP contribution in [-0.2, 0) is 19.1 Å². The van der Waals surface area contributed by atoms with Crippen molar-refractivity contribution in [2.75, 3.05) is 19.6 Å². The average molecular weight is 404 g/mol. The van der Waals surface area contributed by atoms with Crippen molar-refractivity contribution in [1.82, 2.24) is 16.0 Å². The molecule has 0 aliphatic carbocycles. The van der Waals surface area contributed by atoms with Crippen LogP contribution in [0.3, 0.4) is 0 Å². The van der Waals surface area contributed by atoms with E-state index in [1.807, 2.05) is 0 Å². The molecule has 8 nitrogen and oxygen atoms in total. The lowest BCUT2D eigenvalue weighted by Gasteiger charge is -2.10. The van der Waals surface area contributed by atoms with Crippen molar-refractivity contribution >= 4 is 46.9 Å². The highest BCUT2D eigenvalue weighted by atomic mass is 35.5. The fraction of sp³-hybridized carbons (Fsp3) is 0.375. The second-order valence-electron chi connectivity index (χ2n) is 5.40. The molecule has 0 saturated heterocycles. The average Bonchev–Trinajstić information content (AvgIpc) is 2.55. The van der Waals surface area contributed by atoms with Crippen LogP contribution in [0.2, 0.25) is 10.0 Å². The first-order valence-electron chi connectivity index (χ1n) is 7.65. The summed E-state index contributed by atoms with van der Waals surface area (Å²) in [4.78, 5) is 46.4. The third-order valence-corrected chi connectivity index (χ3v) is 3.38. The number of carbonyl (C=O) groups is 4. The second kappa shape index (κ2) is 10.6. The van der Waals surface area contributed by atoms with E-state index in [0.29, 0.717) is 5.02 Å². The fourth-order valence-electron chi connectivity index (χ4n) is 1.71. The standard InChI is InChI=1S/C16H19Cl2N3O5/c1-9(2)26-15(24)8-20-13(22)6-19-14(23)7-21-16(25)11-4-3-10(17)5-12(11)18/h3-5,9H,6-8H2,1-2H3,(H,19,23)(H,20,22)(H,21,25). The first-order chi connectivity index (χ1) is 12.2. The van der Waals surface area contributed by atoms with Crippen LogP contribution < -0.4 is 16.0 Å². The zero-order valence-corrected chi connectivity index (χ0v) is 15.7. The zero-order valence-electron chi connectivity index (χ0n) is 14.2. The fourth-order valence-corrected chi connectivity index (χ4v) is 2.20. The number of ether oxygens (including phenoxy) is 1. The number of carbonyl (C=O) groups excluding carboxylic acids is 4. The van der Waals surface area contributed by atoms with Crippen molar-refractivity contribution in [3.8, 4) is 0 Å². The molecule has 142 valence electrons. The van der Waals surface area contributed by atoms with E-state index in [1.54, 1.807) is 13.8 Å². The zero-order chi connectivity index (χ0) is 19.7. The Hall–Kier alpha value is -2.32. The van der Waals surface area contributed by atoms with Gasteiger partial charge in [0.2, 0.25) is 11.8 Å². The summed E-state index contributed by atoms with van der Waals surface area (Å²) in [5, 5.41) is 7.51. The Morgan fingerprint density at radius 3 is 2.12 bits per heavy atom. The summed E-state index contributed by atoms with van der Waals surface area (Å²) in [6.07, 6.45) is -0.281. The summed E-state index contributed by atoms with van der Waals surface area (Å²) in [5.41, 5.74) is 0.172. The first-order valence-corrected chi connectivity index (χ1v) is 8.40. The number of esters is 1. The maximum atomic E-state index is 11.9. The van der Waals surface area contributed by atoms with Crippen LogP contribution in [0.4, 0.5) is 0 Å². The summed E-state index contributed by atoms with van der Waals surface area (Å²) in [6.45, 7) is 2.39. The Morgan fingerprint density at radius 1 is 0.962 bits per heavy atom. The molecule has 0 aromatic heterocycles. The smallest absolute Gasteiger partial charge is 0.325 e. The van der Waals surface area contributed by atoms with E-state index in [0.717, 1.165) is 0 Å². The van der Waals surface area contributed by atoms with Gasteiger partial charge in [0.05, 0.1) is 29.8 Å². The molecule has 0 unspecified atom stereocenters. The van der Waals surface area contributed by atoms with E-state index in [4.69, 9.17) is 27.9 Å². The van der Waals surface area contributed by atoms with Gasteiger partial charge in [-0.1, -0.05) is 23.2 Å². The van der Waals surface area contributed by atoms with Gasteiger partial charge in [-0.05, 0) is 32.0 Å². The molecule has 0 bridgehead atoms. The van der Waals surface area contributed by atoms with Crippen molar-refractivity contribution in [2.24, 2.45) is 0 Å². The van der Waals surface area contributed by atoms with Gasteiger partial charge < -0.3 is 20.7 Å². The Labute approximate surface area is 160 Å². The molecule has 0 aliphatic heterocycles. The normalized spacial score (nSPS) is 10.2. The monoisotopic (exact) mass is 403 g/mol. The highest BCUT2D eigenvalue weighted by molar-refractivity contribution is 6.36. The van der Waals surface area contributed by atoms with Gasteiger partial charge in [0.15, 0.2) is 0 Å². The topological polar surface area (TPSA) is 114 Å². The summed E-state index contributed by atoms with van der Waals surface area (Å²) < 4.78 is 4.84. The number of rotatable bonds is 8. The number of nitrogens with one attached hydrogen (secondary N) is 3. The van der Waals surface area contributed by atoms with Gasteiger partial charge in [-0.15, -0.1) is 0 Å². The maximum Gasteiger partial charge on any atom is 0.325 e. The molecule has 1 aromatic rings. The molecule has 0 saturated carbocycles. The van der Waals surface area contributed by atoms with Crippen molar-refractivity contribution < 1.29 is 23.9 Å². The van der Waals surface area contributed by atoms with Crippen LogP contribution in [0, 0.1) is 0 Å². The molecule has 0 radical (unpaired) electrons. The molecule has 1 rings (SSSR count). The van der Waals surface area contributed by atoms with Crippen LogP contribution >= 0.6 is 23.2 Å². The molecule has 0 spiro atoms. The third-order valence-electron chi connectivity index (χ3n) is 2.83. The summed E-state index contributed by atoms with van der Waals surface area (Å²) in [5.74, 6) is -2.27. The predicted molar refractivity (Wildman–Crippen MR) is 96.0 cm³/mol. The third kappa shape index (κ3) is 8.17. The van der Waals surface area contributed by atoms with Gasteiger partial charge >= 0.3 is 5.97 Å². The first kappa shape index (κ1) is 21.7. The molecule has 3 N–H and O–H groups in total.